The van der Waals surface area contributed by atoms with Crippen molar-refractivity contribution in [2.75, 3.05) is 32.8 Å². The number of carbonyl (C=O) groups excluding carboxylic acids is 1. The summed E-state index contributed by atoms with van der Waals surface area (Å²) in [5, 5.41) is 8.34. The molecule has 0 aliphatic carbocycles. The van der Waals surface area contributed by atoms with Crippen molar-refractivity contribution in [2.45, 2.75) is 26.8 Å². The van der Waals surface area contributed by atoms with E-state index < -0.39 is 0 Å². The minimum absolute atomic E-state index is 0.0371. The number of nitrogens with one attached hydrogen (secondary N) is 1. The third-order valence-electron chi connectivity index (χ3n) is 5.37. The SMILES string of the molecule is Cc1cc(C(=O)NCC(c2ccc(C)o2)N2CCOCC2)c2c(C)nn(C)c2n1. The first-order valence-corrected chi connectivity index (χ1v) is 9.91. The Morgan fingerprint density at radius 3 is 2.69 bits per heavy atom. The summed E-state index contributed by atoms with van der Waals surface area (Å²) in [6.45, 7) is 9.15. The first-order chi connectivity index (χ1) is 13.9. The van der Waals surface area contributed by atoms with Gasteiger partial charge >= 0.3 is 0 Å². The van der Waals surface area contributed by atoms with Crippen LogP contribution in [0.2, 0.25) is 0 Å². The monoisotopic (exact) mass is 397 g/mol. The van der Waals surface area contributed by atoms with Crippen molar-refractivity contribution in [2.24, 2.45) is 7.05 Å². The standard InChI is InChI=1S/C21H27N5O3/c1-13-11-16(19-15(3)24-25(4)20(19)23-13)21(27)22-12-17(18-6-5-14(2)29-18)26-7-9-28-10-8-26/h5-6,11,17H,7-10,12H2,1-4H3,(H,22,27). The van der Waals surface area contributed by atoms with Crippen molar-refractivity contribution in [1.82, 2.24) is 25.0 Å². The van der Waals surface area contributed by atoms with Crippen molar-refractivity contribution in [1.29, 1.82) is 0 Å². The average Bonchev–Trinajstić information content (AvgIpc) is 3.25. The number of aryl methyl sites for hydroxylation is 4. The van der Waals surface area contributed by atoms with Gasteiger partial charge in [0.1, 0.15) is 11.5 Å². The molecule has 154 valence electrons. The summed E-state index contributed by atoms with van der Waals surface area (Å²) < 4.78 is 13.1. The van der Waals surface area contributed by atoms with E-state index in [4.69, 9.17) is 9.15 Å². The van der Waals surface area contributed by atoms with Crippen LogP contribution in [0.15, 0.2) is 22.6 Å². The highest BCUT2D eigenvalue weighted by Crippen LogP contribution is 2.25. The second-order valence-corrected chi connectivity index (χ2v) is 7.54. The molecular weight excluding hydrogens is 370 g/mol. The minimum Gasteiger partial charge on any atom is -0.465 e. The van der Waals surface area contributed by atoms with Gasteiger partial charge < -0.3 is 14.5 Å². The summed E-state index contributed by atoms with van der Waals surface area (Å²) in [6, 6.07) is 5.73. The second-order valence-electron chi connectivity index (χ2n) is 7.54. The molecule has 3 aromatic rings. The van der Waals surface area contributed by atoms with Crippen LogP contribution in [-0.2, 0) is 11.8 Å². The molecule has 0 radical (unpaired) electrons. The van der Waals surface area contributed by atoms with Gasteiger partial charge in [0.2, 0.25) is 0 Å². The number of hydrogen-bond donors (Lipinski definition) is 1. The van der Waals surface area contributed by atoms with Crippen LogP contribution in [0.3, 0.4) is 0 Å². The van der Waals surface area contributed by atoms with E-state index in [0.717, 1.165) is 47.0 Å². The Labute approximate surface area is 169 Å². The Morgan fingerprint density at radius 1 is 1.24 bits per heavy atom. The van der Waals surface area contributed by atoms with Crippen molar-refractivity contribution >= 4 is 16.9 Å². The van der Waals surface area contributed by atoms with E-state index >= 15 is 0 Å². The maximum atomic E-state index is 13.1. The lowest BCUT2D eigenvalue weighted by molar-refractivity contribution is 0.0117. The zero-order valence-corrected chi connectivity index (χ0v) is 17.4. The molecule has 8 heteroatoms. The van der Waals surface area contributed by atoms with Gasteiger partial charge in [0.05, 0.1) is 35.9 Å². The molecule has 1 aliphatic rings. The Balaban J connectivity index is 1.59. The fourth-order valence-electron chi connectivity index (χ4n) is 3.96. The van der Waals surface area contributed by atoms with E-state index in [1.54, 1.807) is 4.68 Å². The molecule has 1 atom stereocenters. The van der Waals surface area contributed by atoms with Crippen molar-refractivity contribution in [3.63, 3.8) is 0 Å². The predicted molar refractivity (Wildman–Crippen MR) is 109 cm³/mol. The molecular formula is C21H27N5O3. The van der Waals surface area contributed by atoms with E-state index in [-0.39, 0.29) is 11.9 Å². The van der Waals surface area contributed by atoms with E-state index in [2.05, 4.69) is 20.3 Å². The molecule has 4 rings (SSSR count). The lowest BCUT2D eigenvalue weighted by Crippen LogP contribution is -2.43. The molecule has 1 unspecified atom stereocenters. The van der Waals surface area contributed by atoms with Crippen LogP contribution in [0, 0.1) is 20.8 Å². The second kappa shape index (κ2) is 7.96. The number of nitrogens with zero attached hydrogens (tertiary/aromatic N) is 4. The minimum atomic E-state index is -0.127. The number of furan rings is 1. The van der Waals surface area contributed by atoms with Crippen molar-refractivity contribution in [3.05, 3.63) is 46.7 Å². The normalized spacial score (nSPS) is 16.3. The maximum absolute atomic E-state index is 13.1. The number of morpholine rings is 1. The zero-order valence-electron chi connectivity index (χ0n) is 17.4. The topological polar surface area (TPSA) is 85.4 Å². The largest absolute Gasteiger partial charge is 0.465 e. The number of hydrogen-bond acceptors (Lipinski definition) is 6. The van der Waals surface area contributed by atoms with Gasteiger partial charge in [0, 0.05) is 32.4 Å². The molecule has 0 saturated carbocycles. The van der Waals surface area contributed by atoms with Crippen LogP contribution in [-0.4, -0.2) is 58.4 Å². The Kier molecular flexibility index (Phi) is 5.38. The average molecular weight is 397 g/mol. The van der Waals surface area contributed by atoms with Crippen LogP contribution < -0.4 is 5.32 Å². The van der Waals surface area contributed by atoms with Gasteiger partial charge in [0.15, 0.2) is 5.65 Å². The molecule has 8 nitrogen and oxygen atoms in total. The van der Waals surface area contributed by atoms with Gasteiger partial charge in [-0.05, 0) is 39.0 Å². The first-order valence-electron chi connectivity index (χ1n) is 9.91. The Hall–Kier alpha value is -2.71. The molecule has 1 aliphatic heterocycles. The number of ether oxygens (including phenoxy) is 1. The third-order valence-corrected chi connectivity index (χ3v) is 5.37. The van der Waals surface area contributed by atoms with Crippen LogP contribution in [0.1, 0.15) is 39.3 Å². The maximum Gasteiger partial charge on any atom is 0.252 e. The van der Waals surface area contributed by atoms with Gasteiger partial charge in [-0.25, -0.2) is 4.98 Å². The van der Waals surface area contributed by atoms with E-state index in [1.807, 2.05) is 46.0 Å². The van der Waals surface area contributed by atoms with Crippen LogP contribution in [0.25, 0.3) is 11.0 Å². The fourth-order valence-corrected chi connectivity index (χ4v) is 3.96. The molecule has 0 spiro atoms. The van der Waals surface area contributed by atoms with Crippen LogP contribution >= 0.6 is 0 Å². The lowest BCUT2D eigenvalue weighted by atomic mass is 10.1. The molecule has 1 amide bonds. The van der Waals surface area contributed by atoms with Crippen LogP contribution in [0.4, 0.5) is 0 Å². The number of rotatable bonds is 5. The lowest BCUT2D eigenvalue weighted by Gasteiger charge is -2.33. The van der Waals surface area contributed by atoms with Gasteiger partial charge in [-0.15, -0.1) is 0 Å². The number of pyridine rings is 1. The van der Waals surface area contributed by atoms with Crippen molar-refractivity contribution in [3.8, 4) is 0 Å². The third kappa shape index (κ3) is 3.90. The first kappa shape index (κ1) is 19.6. The van der Waals surface area contributed by atoms with Crippen LogP contribution in [0.5, 0.6) is 0 Å². The summed E-state index contributed by atoms with van der Waals surface area (Å²) in [7, 11) is 1.84. The molecule has 0 aromatic carbocycles. The Morgan fingerprint density at radius 2 is 2.00 bits per heavy atom. The van der Waals surface area contributed by atoms with E-state index in [0.29, 0.717) is 25.3 Å². The molecule has 1 N–H and O–H groups in total. The van der Waals surface area contributed by atoms with Gasteiger partial charge in [-0.1, -0.05) is 0 Å². The summed E-state index contributed by atoms with van der Waals surface area (Å²) in [5.74, 6) is 1.60. The number of amides is 1. The molecule has 4 heterocycles. The predicted octanol–water partition coefficient (Wildman–Crippen LogP) is 2.29. The quantitative estimate of drug-likeness (QED) is 0.711. The number of carbonyl (C=O) groups is 1. The fraction of sp³-hybridized carbons (Fsp3) is 0.476. The van der Waals surface area contributed by atoms with E-state index in [1.165, 1.54) is 0 Å². The summed E-state index contributed by atoms with van der Waals surface area (Å²) in [4.78, 5) is 20.0. The summed E-state index contributed by atoms with van der Waals surface area (Å²) >= 11 is 0. The van der Waals surface area contributed by atoms with Gasteiger partial charge in [-0.2, -0.15) is 5.10 Å². The molecule has 1 fully saturated rings. The highest BCUT2D eigenvalue weighted by Gasteiger charge is 2.26. The number of aromatic nitrogens is 3. The van der Waals surface area contributed by atoms with E-state index in [9.17, 15) is 4.79 Å². The summed E-state index contributed by atoms with van der Waals surface area (Å²) in [6.07, 6.45) is 0. The molecule has 0 bridgehead atoms. The summed E-state index contributed by atoms with van der Waals surface area (Å²) in [5.41, 5.74) is 2.91. The highest BCUT2D eigenvalue weighted by atomic mass is 16.5. The smallest absolute Gasteiger partial charge is 0.252 e. The molecule has 29 heavy (non-hydrogen) atoms. The van der Waals surface area contributed by atoms with Gasteiger partial charge in [0.25, 0.3) is 5.91 Å². The molecule has 1 saturated heterocycles. The zero-order chi connectivity index (χ0) is 20.5. The highest BCUT2D eigenvalue weighted by molar-refractivity contribution is 6.06. The molecule has 3 aromatic heterocycles. The Bertz CT molecular complexity index is 1030. The van der Waals surface area contributed by atoms with Crippen molar-refractivity contribution < 1.29 is 13.9 Å². The van der Waals surface area contributed by atoms with Gasteiger partial charge in [-0.3, -0.25) is 14.4 Å². The number of fused-ring (bicyclic) bond motifs is 1.